The average molecular weight is 404 g/mol. The van der Waals surface area contributed by atoms with Crippen molar-refractivity contribution in [2.45, 2.75) is 44.4 Å². The summed E-state index contributed by atoms with van der Waals surface area (Å²) < 4.78 is 5.81. The van der Waals surface area contributed by atoms with Gasteiger partial charge >= 0.3 is 0 Å². The zero-order valence-electron chi connectivity index (χ0n) is 15.1. The summed E-state index contributed by atoms with van der Waals surface area (Å²) in [5, 5.41) is 3.04. The second kappa shape index (κ2) is 11.8. The van der Waals surface area contributed by atoms with Crippen LogP contribution >= 0.6 is 24.8 Å². The van der Waals surface area contributed by atoms with Gasteiger partial charge in [-0.05, 0) is 24.3 Å². The van der Waals surface area contributed by atoms with Crippen molar-refractivity contribution in [3.63, 3.8) is 0 Å². The number of halogens is 2. The van der Waals surface area contributed by atoms with E-state index in [4.69, 9.17) is 10.5 Å². The Labute approximate surface area is 168 Å². The molecule has 0 bridgehead atoms. The largest absolute Gasteiger partial charge is 0.374 e. The third-order valence-electron chi connectivity index (χ3n) is 5.16. The predicted octanol–water partition coefficient (Wildman–Crippen LogP) is 2.36. The third-order valence-corrected chi connectivity index (χ3v) is 5.16. The van der Waals surface area contributed by atoms with Gasteiger partial charge < -0.3 is 15.8 Å². The van der Waals surface area contributed by atoms with Crippen LogP contribution in [0.4, 0.5) is 0 Å². The maximum atomic E-state index is 12.1. The molecule has 0 spiro atoms. The van der Waals surface area contributed by atoms with E-state index in [1.54, 1.807) is 0 Å². The maximum absolute atomic E-state index is 12.1. The van der Waals surface area contributed by atoms with Crippen LogP contribution in [0.5, 0.6) is 0 Å². The van der Waals surface area contributed by atoms with Crippen LogP contribution in [0.25, 0.3) is 0 Å². The summed E-state index contributed by atoms with van der Waals surface area (Å²) >= 11 is 0. The van der Waals surface area contributed by atoms with Crippen molar-refractivity contribution in [2.75, 3.05) is 26.2 Å². The molecule has 1 unspecified atom stereocenters. The highest BCUT2D eigenvalue weighted by Gasteiger charge is 2.27. The Morgan fingerprint density at radius 1 is 1.23 bits per heavy atom. The molecule has 1 saturated carbocycles. The number of nitrogens with two attached hydrogens (primary N) is 1. The van der Waals surface area contributed by atoms with Gasteiger partial charge in [0.15, 0.2) is 0 Å². The lowest BCUT2D eigenvalue weighted by atomic mass is 10.00. The summed E-state index contributed by atoms with van der Waals surface area (Å²) in [7, 11) is 0. The number of benzene rings is 1. The molecule has 3 atom stereocenters. The predicted molar refractivity (Wildman–Crippen MR) is 109 cm³/mol. The molecule has 3 N–H and O–H groups in total. The molecule has 0 aromatic heterocycles. The zero-order valence-corrected chi connectivity index (χ0v) is 16.8. The number of nitrogens with zero attached hydrogens (tertiary/aromatic N) is 1. The Morgan fingerprint density at radius 3 is 2.69 bits per heavy atom. The lowest BCUT2D eigenvalue weighted by molar-refractivity contribution is -0.123. The Morgan fingerprint density at radius 2 is 2.00 bits per heavy atom. The van der Waals surface area contributed by atoms with E-state index in [0.717, 1.165) is 45.5 Å². The van der Waals surface area contributed by atoms with E-state index in [0.29, 0.717) is 18.9 Å². The number of hydrogen-bond acceptors (Lipinski definition) is 4. The first-order chi connectivity index (χ1) is 11.7. The molecule has 2 aliphatic rings. The summed E-state index contributed by atoms with van der Waals surface area (Å²) in [5.41, 5.74) is 7.36. The number of amides is 1. The van der Waals surface area contributed by atoms with E-state index in [1.165, 1.54) is 5.56 Å². The molecule has 5 nitrogen and oxygen atoms in total. The van der Waals surface area contributed by atoms with Crippen molar-refractivity contribution in [1.29, 1.82) is 0 Å². The Bertz CT molecular complexity index is 533. The number of nitrogens with one attached hydrogen (secondary N) is 1. The molecule has 26 heavy (non-hydrogen) atoms. The summed E-state index contributed by atoms with van der Waals surface area (Å²) in [5.74, 6) is 0.466. The maximum Gasteiger partial charge on any atom is 0.220 e. The number of carbonyl (C=O) groups is 1. The molecule has 1 aromatic rings. The monoisotopic (exact) mass is 403 g/mol. The summed E-state index contributed by atoms with van der Waals surface area (Å²) in [4.78, 5) is 14.5. The standard InChI is InChI=1S/C19H29N3O2.2ClH/c20-18-8-4-7-16(18)11-19(23)21-12-17-14-22(9-10-24-17)13-15-5-2-1-3-6-15;;/h1-3,5-6,16-18H,4,7-14,20H2,(H,21,23);2*1H/t16-,17?,18+;;/m0../s1. The van der Waals surface area contributed by atoms with Crippen molar-refractivity contribution in [2.24, 2.45) is 11.7 Å². The molecular formula is C19H31Cl2N3O2. The summed E-state index contributed by atoms with van der Waals surface area (Å²) in [6, 6.07) is 10.7. The van der Waals surface area contributed by atoms with Crippen molar-refractivity contribution in [3.05, 3.63) is 35.9 Å². The Kier molecular flexibility index (Phi) is 10.5. The minimum absolute atomic E-state index is 0. The fraction of sp³-hybridized carbons (Fsp3) is 0.632. The fourth-order valence-electron chi connectivity index (χ4n) is 3.75. The average Bonchev–Trinajstić information content (AvgIpc) is 2.99. The van der Waals surface area contributed by atoms with Gasteiger partial charge in [-0.15, -0.1) is 24.8 Å². The SMILES string of the molecule is Cl.Cl.N[C@@H]1CCC[C@H]1CC(=O)NCC1CN(Cc2ccccc2)CCO1. The normalized spacial score (nSPS) is 25.8. The van der Waals surface area contributed by atoms with Crippen molar-refractivity contribution >= 4 is 30.7 Å². The second-order valence-electron chi connectivity index (χ2n) is 7.08. The van der Waals surface area contributed by atoms with Crippen LogP contribution in [0.3, 0.4) is 0 Å². The van der Waals surface area contributed by atoms with Crippen LogP contribution in [-0.4, -0.2) is 49.2 Å². The number of morpholine rings is 1. The van der Waals surface area contributed by atoms with Crippen molar-refractivity contribution < 1.29 is 9.53 Å². The van der Waals surface area contributed by atoms with Gasteiger partial charge in [0, 0.05) is 38.6 Å². The molecule has 1 aliphatic heterocycles. The number of carbonyl (C=O) groups excluding carboxylic acids is 1. The minimum atomic E-state index is 0. The van der Waals surface area contributed by atoms with Gasteiger partial charge in [-0.1, -0.05) is 36.8 Å². The first-order valence-corrected chi connectivity index (χ1v) is 9.11. The fourth-order valence-corrected chi connectivity index (χ4v) is 3.75. The zero-order chi connectivity index (χ0) is 16.8. The van der Waals surface area contributed by atoms with Crippen LogP contribution in [-0.2, 0) is 16.1 Å². The summed E-state index contributed by atoms with van der Waals surface area (Å²) in [6.45, 7) is 4.05. The first kappa shape index (κ1) is 23.2. The molecular weight excluding hydrogens is 373 g/mol. The molecule has 1 aromatic carbocycles. The van der Waals surface area contributed by atoms with Crippen molar-refractivity contribution in [3.8, 4) is 0 Å². The minimum Gasteiger partial charge on any atom is -0.374 e. The smallest absolute Gasteiger partial charge is 0.220 e. The van der Waals surface area contributed by atoms with E-state index in [-0.39, 0.29) is 42.9 Å². The molecule has 2 fully saturated rings. The quantitative estimate of drug-likeness (QED) is 0.764. The second-order valence-corrected chi connectivity index (χ2v) is 7.08. The number of rotatable bonds is 6. The van der Waals surface area contributed by atoms with Crippen LogP contribution in [0.1, 0.15) is 31.2 Å². The van der Waals surface area contributed by atoms with Gasteiger partial charge in [0.25, 0.3) is 0 Å². The van der Waals surface area contributed by atoms with Gasteiger partial charge in [0.1, 0.15) is 0 Å². The highest BCUT2D eigenvalue weighted by molar-refractivity contribution is 5.85. The Balaban J connectivity index is 0.00000169. The highest BCUT2D eigenvalue weighted by Crippen LogP contribution is 2.26. The van der Waals surface area contributed by atoms with E-state index in [9.17, 15) is 4.79 Å². The Hall–Kier alpha value is -0.850. The molecule has 3 rings (SSSR count). The van der Waals surface area contributed by atoms with Crippen LogP contribution < -0.4 is 11.1 Å². The van der Waals surface area contributed by atoms with E-state index >= 15 is 0 Å². The molecule has 1 aliphatic carbocycles. The first-order valence-electron chi connectivity index (χ1n) is 9.11. The van der Waals surface area contributed by atoms with Gasteiger partial charge in [0.05, 0.1) is 12.7 Å². The lowest BCUT2D eigenvalue weighted by Crippen LogP contribution is -2.47. The molecule has 1 heterocycles. The lowest BCUT2D eigenvalue weighted by Gasteiger charge is -2.33. The van der Waals surface area contributed by atoms with Gasteiger partial charge in [-0.25, -0.2) is 0 Å². The molecule has 7 heteroatoms. The highest BCUT2D eigenvalue weighted by atomic mass is 35.5. The van der Waals surface area contributed by atoms with Gasteiger partial charge in [0.2, 0.25) is 5.91 Å². The molecule has 1 amide bonds. The number of hydrogen-bond donors (Lipinski definition) is 2. The molecule has 1 saturated heterocycles. The van der Waals surface area contributed by atoms with E-state index < -0.39 is 0 Å². The van der Waals surface area contributed by atoms with E-state index in [1.807, 2.05) is 6.07 Å². The number of ether oxygens (including phenoxy) is 1. The molecule has 0 radical (unpaired) electrons. The van der Waals surface area contributed by atoms with E-state index in [2.05, 4.69) is 34.5 Å². The van der Waals surface area contributed by atoms with Crippen LogP contribution in [0, 0.1) is 5.92 Å². The third kappa shape index (κ3) is 7.05. The van der Waals surface area contributed by atoms with Crippen molar-refractivity contribution in [1.82, 2.24) is 10.2 Å². The van der Waals surface area contributed by atoms with Gasteiger partial charge in [-0.3, -0.25) is 9.69 Å². The topological polar surface area (TPSA) is 67.6 Å². The summed E-state index contributed by atoms with van der Waals surface area (Å²) in [6.07, 6.45) is 3.92. The molecule has 148 valence electrons. The van der Waals surface area contributed by atoms with Crippen LogP contribution in [0.15, 0.2) is 30.3 Å². The van der Waals surface area contributed by atoms with Crippen LogP contribution in [0.2, 0.25) is 0 Å². The van der Waals surface area contributed by atoms with Gasteiger partial charge in [-0.2, -0.15) is 0 Å².